The number of hydrogen-bond acceptors (Lipinski definition) is 8. The van der Waals surface area contributed by atoms with Gasteiger partial charge in [0.05, 0.1) is 7.11 Å². The largest absolute Gasteiger partial charge is 0.467 e. The molecule has 1 aliphatic rings. The molecule has 1 N–H and O–H groups in total. The first kappa shape index (κ1) is 17.3. The van der Waals surface area contributed by atoms with Crippen LogP contribution in [0.25, 0.3) is 11.0 Å². The lowest BCUT2D eigenvalue weighted by molar-refractivity contribution is 0.378. The molecule has 3 heterocycles. The average Bonchev–Trinajstić information content (AvgIpc) is 2.68. The number of aromatic nitrogens is 3. The highest BCUT2D eigenvalue weighted by molar-refractivity contribution is 5.83. The summed E-state index contributed by atoms with van der Waals surface area (Å²) in [6.07, 6.45) is 3.48. The van der Waals surface area contributed by atoms with E-state index in [1.807, 2.05) is 19.1 Å². The number of ether oxygens (including phenoxy) is 1. The smallest absolute Gasteiger partial charge is 0.336 e. The van der Waals surface area contributed by atoms with Crippen molar-refractivity contribution < 1.29 is 9.15 Å². The molecule has 1 fully saturated rings. The number of nitrogens with one attached hydrogen (secondary N) is 1. The Morgan fingerprint density at radius 2 is 1.93 bits per heavy atom. The first-order valence-electron chi connectivity index (χ1n) is 8.99. The summed E-state index contributed by atoms with van der Waals surface area (Å²) in [6.45, 7) is 3.73. The summed E-state index contributed by atoms with van der Waals surface area (Å²) in [5, 5.41) is 4.05. The van der Waals surface area contributed by atoms with Crippen LogP contribution in [0.5, 0.6) is 6.01 Å². The second-order valence-electron chi connectivity index (χ2n) is 6.58. The number of fused-ring (bicyclic) bond motifs is 1. The number of rotatable bonds is 4. The first-order chi connectivity index (χ1) is 13.1. The molecule has 1 aromatic carbocycles. The molecule has 0 aliphatic carbocycles. The van der Waals surface area contributed by atoms with E-state index in [1.165, 1.54) is 19.6 Å². The van der Waals surface area contributed by atoms with Crippen LogP contribution in [0.4, 0.5) is 17.6 Å². The van der Waals surface area contributed by atoms with Crippen LogP contribution in [0.15, 0.2) is 33.5 Å². The number of nitrogens with zero attached hydrogens (tertiary/aromatic N) is 4. The van der Waals surface area contributed by atoms with Crippen molar-refractivity contribution in [1.29, 1.82) is 0 Å². The number of hydrogen-bond donors (Lipinski definition) is 1. The second kappa shape index (κ2) is 7.22. The van der Waals surface area contributed by atoms with E-state index < -0.39 is 0 Å². The molecular formula is C19H21N5O3. The lowest BCUT2D eigenvalue weighted by atomic mass is 10.1. The molecule has 0 saturated carbocycles. The van der Waals surface area contributed by atoms with Crippen LogP contribution >= 0.6 is 0 Å². The van der Waals surface area contributed by atoms with E-state index in [9.17, 15) is 4.79 Å². The molecule has 0 bridgehead atoms. The third-order valence-corrected chi connectivity index (χ3v) is 4.63. The molecule has 0 unspecified atom stereocenters. The Hall–Kier alpha value is -3.16. The fourth-order valence-corrected chi connectivity index (χ4v) is 3.26. The van der Waals surface area contributed by atoms with Gasteiger partial charge in [-0.15, -0.1) is 0 Å². The highest BCUT2D eigenvalue weighted by Crippen LogP contribution is 2.24. The zero-order chi connectivity index (χ0) is 18.8. The third-order valence-electron chi connectivity index (χ3n) is 4.63. The molecule has 0 atom stereocenters. The normalized spacial score (nSPS) is 14.4. The zero-order valence-corrected chi connectivity index (χ0v) is 15.4. The van der Waals surface area contributed by atoms with Gasteiger partial charge >= 0.3 is 11.6 Å². The molecule has 0 spiro atoms. The number of aryl methyl sites for hydroxylation is 1. The Morgan fingerprint density at radius 1 is 1.11 bits per heavy atom. The van der Waals surface area contributed by atoms with Crippen molar-refractivity contribution in [2.45, 2.75) is 26.2 Å². The van der Waals surface area contributed by atoms with Crippen LogP contribution in [-0.2, 0) is 0 Å². The van der Waals surface area contributed by atoms with Crippen molar-refractivity contribution in [2.75, 3.05) is 30.4 Å². The number of methoxy groups -OCH3 is 1. The van der Waals surface area contributed by atoms with Crippen molar-refractivity contribution in [1.82, 2.24) is 15.0 Å². The molecule has 0 amide bonds. The topological polar surface area (TPSA) is 93.4 Å². The monoisotopic (exact) mass is 367 g/mol. The molecule has 8 nitrogen and oxygen atoms in total. The fourth-order valence-electron chi connectivity index (χ4n) is 3.26. The van der Waals surface area contributed by atoms with Crippen LogP contribution in [0.2, 0.25) is 0 Å². The maximum absolute atomic E-state index is 11.6. The van der Waals surface area contributed by atoms with Crippen molar-refractivity contribution in [2.24, 2.45) is 0 Å². The highest BCUT2D eigenvalue weighted by Gasteiger charge is 2.17. The van der Waals surface area contributed by atoms with Crippen molar-refractivity contribution in [3.05, 3.63) is 40.2 Å². The molecule has 4 rings (SSSR count). The molecule has 3 aromatic rings. The summed E-state index contributed by atoms with van der Waals surface area (Å²) < 4.78 is 10.5. The van der Waals surface area contributed by atoms with Crippen molar-refractivity contribution in [3.63, 3.8) is 0 Å². The summed E-state index contributed by atoms with van der Waals surface area (Å²) in [4.78, 5) is 27.0. The predicted molar refractivity (Wildman–Crippen MR) is 103 cm³/mol. The molecule has 27 heavy (non-hydrogen) atoms. The van der Waals surface area contributed by atoms with Crippen LogP contribution in [0.1, 0.15) is 24.8 Å². The Balaban J connectivity index is 1.67. The van der Waals surface area contributed by atoms with E-state index in [1.54, 1.807) is 6.07 Å². The Kier molecular flexibility index (Phi) is 4.62. The molecular weight excluding hydrogens is 346 g/mol. The molecule has 0 radical (unpaired) electrons. The van der Waals surface area contributed by atoms with Crippen LogP contribution < -0.4 is 20.6 Å². The minimum Gasteiger partial charge on any atom is -0.467 e. The van der Waals surface area contributed by atoms with Gasteiger partial charge in [-0.1, -0.05) is 0 Å². The highest BCUT2D eigenvalue weighted by atomic mass is 16.5. The number of piperidine rings is 1. The van der Waals surface area contributed by atoms with Gasteiger partial charge in [-0.05, 0) is 43.9 Å². The standard InChI is InChI=1S/C19H21N5O3/c1-12-10-16(25)27-15-11-13(6-7-14(12)15)20-17-21-18(23-19(22-17)26-2)24-8-4-3-5-9-24/h6-7,10-11H,3-5,8-9H2,1-2H3,(H,20,21,22,23). The molecule has 1 saturated heterocycles. The van der Waals surface area contributed by atoms with E-state index in [2.05, 4.69) is 25.2 Å². The maximum atomic E-state index is 11.6. The summed E-state index contributed by atoms with van der Waals surface area (Å²) in [7, 11) is 1.53. The Morgan fingerprint density at radius 3 is 2.70 bits per heavy atom. The van der Waals surface area contributed by atoms with Crippen molar-refractivity contribution in [3.8, 4) is 6.01 Å². The third kappa shape index (κ3) is 3.69. The van der Waals surface area contributed by atoms with Gasteiger partial charge in [-0.25, -0.2) is 4.79 Å². The first-order valence-corrected chi connectivity index (χ1v) is 8.99. The zero-order valence-electron chi connectivity index (χ0n) is 15.4. The van der Waals surface area contributed by atoms with Gasteiger partial charge in [0.1, 0.15) is 5.58 Å². The molecule has 2 aromatic heterocycles. The summed E-state index contributed by atoms with van der Waals surface area (Å²) >= 11 is 0. The van der Waals surface area contributed by atoms with E-state index in [-0.39, 0.29) is 11.6 Å². The summed E-state index contributed by atoms with van der Waals surface area (Å²) in [5.41, 5.74) is 1.74. The van der Waals surface area contributed by atoms with Gasteiger partial charge in [-0.2, -0.15) is 15.0 Å². The Bertz CT molecular complexity index is 1030. The average molecular weight is 367 g/mol. The van der Waals surface area contributed by atoms with E-state index >= 15 is 0 Å². The van der Waals surface area contributed by atoms with Crippen LogP contribution in [0, 0.1) is 6.92 Å². The SMILES string of the molecule is COc1nc(Nc2ccc3c(C)cc(=O)oc3c2)nc(N2CCCCC2)n1. The van der Waals surface area contributed by atoms with Gasteiger partial charge in [0.2, 0.25) is 11.9 Å². The molecule has 1 aliphatic heterocycles. The van der Waals surface area contributed by atoms with E-state index in [4.69, 9.17) is 9.15 Å². The van der Waals surface area contributed by atoms with Crippen molar-refractivity contribution >= 4 is 28.6 Å². The number of benzene rings is 1. The van der Waals surface area contributed by atoms with Gasteiger partial charge in [0.25, 0.3) is 0 Å². The molecule has 140 valence electrons. The molecule has 8 heteroatoms. The van der Waals surface area contributed by atoms with Crippen LogP contribution in [0.3, 0.4) is 0 Å². The Labute approximate surface area is 156 Å². The van der Waals surface area contributed by atoms with Crippen LogP contribution in [-0.4, -0.2) is 35.2 Å². The van der Waals surface area contributed by atoms with Gasteiger partial charge in [0.15, 0.2) is 0 Å². The van der Waals surface area contributed by atoms with Gasteiger partial charge in [-0.3, -0.25) is 0 Å². The minimum atomic E-state index is -0.369. The summed E-state index contributed by atoms with van der Waals surface area (Å²) in [6, 6.07) is 7.31. The van der Waals surface area contributed by atoms with Gasteiger partial charge in [0, 0.05) is 36.3 Å². The van der Waals surface area contributed by atoms with Gasteiger partial charge < -0.3 is 19.4 Å². The summed E-state index contributed by atoms with van der Waals surface area (Å²) in [5.74, 6) is 0.990. The fraction of sp³-hybridized carbons (Fsp3) is 0.368. The lowest BCUT2D eigenvalue weighted by Gasteiger charge is -2.26. The quantitative estimate of drug-likeness (QED) is 0.703. The lowest BCUT2D eigenvalue weighted by Crippen LogP contribution is -2.31. The van der Waals surface area contributed by atoms with E-state index in [0.29, 0.717) is 23.2 Å². The predicted octanol–water partition coefficient (Wildman–Crippen LogP) is 3.03. The number of anilines is 3. The second-order valence-corrected chi connectivity index (χ2v) is 6.58. The minimum absolute atomic E-state index is 0.260. The maximum Gasteiger partial charge on any atom is 0.336 e. The van der Waals surface area contributed by atoms with E-state index in [0.717, 1.165) is 36.9 Å².